The van der Waals surface area contributed by atoms with E-state index < -0.39 is 0 Å². The number of rotatable bonds is 6. The molecule has 0 aliphatic rings. The molecule has 0 spiro atoms. The molecule has 0 radical (unpaired) electrons. The molecule has 0 saturated carbocycles. The number of aromatic hydroxyl groups is 1. The van der Waals surface area contributed by atoms with Gasteiger partial charge in [-0.05, 0) is 55.8 Å². The van der Waals surface area contributed by atoms with Gasteiger partial charge in [-0.15, -0.1) is 0 Å². The molecule has 24 heavy (non-hydrogen) atoms. The summed E-state index contributed by atoms with van der Waals surface area (Å²) in [7, 11) is 0. The molecule has 0 saturated heterocycles. The molecule has 0 unspecified atom stereocenters. The zero-order valence-corrected chi connectivity index (χ0v) is 14.0. The molecule has 0 aliphatic carbocycles. The molecule has 0 bridgehead atoms. The van der Waals surface area contributed by atoms with Crippen molar-refractivity contribution in [3.63, 3.8) is 0 Å². The smallest absolute Gasteiger partial charge is 0.253 e. The Morgan fingerprint density at radius 3 is 2.08 bits per heavy atom. The van der Waals surface area contributed by atoms with Gasteiger partial charge < -0.3 is 15.3 Å². The van der Waals surface area contributed by atoms with Crippen molar-refractivity contribution in [3.8, 4) is 5.75 Å². The van der Waals surface area contributed by atoms with E-state index in [2.05, 4.69) is 5.32 Å². The number of benzene rings is 2. The van der Waals surface area contributed by atoms with E-state index in [0.717, 1.165) is 5.56 Å². The summed E-state index contributed by atoms with van der Waals surface area (Å²) < 4.78 is 0. The van der Waals surface area contributed by atoms with Gasteiger partial charge in [-0.25, -0.2) is 0 Å². The fourth-order valence-corrected chi connectivity index (χ4v) is 2.39. The quantitative estimate of drug-likeness (QED) is 0.857. The Morgan fingerprint density at radius 2 is 1.54 bits per heavy atom. The van der Waals surface area contributed by atoms with Crippen molar-refractivity contribution in [2.75, 3.05) is 18.4 Å². The summed E-state index contributed by atoms with van der Waals surface area (Å²) in [5.41, 5.74) is 2.07. The predicted octanol–water partition coefficient (Wildman–Crippen LogP) is 3.06. The summed E-state index contributed by atoms with van der Waals surface area (Å²) in [6, 6.07) is 13.4. The minimum atomic E-state index is -0.150. The maximum absolute atomic E-state index is 12.2. The standard InChI is InChI=1S/C19H22N2O3/c1-3-21(4-2)19(24)15-7-9-16(10-8-15)20-18(23)13-14-5-11-17(22)12-6-14/h5-12,22H,3-4,13H2,1-2H3,(H,20,23). The van der Waals surface area contributed by atoms with E-state index in [-0.39, 0.29) is 24.0 Å². The van der Waals surface area contributed by atoms with E-state index in [1.807, 2.05) is 13.8 Å². The minimum Gasteiger partial charge on any atom is -0.508 e. The molecule has 5 heteroatoms. The van der Waals surface area contributed by atoms with Crippen molar-refractivity contribution in [3.05, 3.63) is 59.7 Å². The average Bonchev–Trinajstić information content (AvgIpc) is 2.58. The first-order valence-electron chi connectivity index (χ1n) is 8.00. The average molecular weight is 326 g/mol. The Balaban J connectivity index is 1.97. The van der Waals surface area contributed by atoms with Crippen LogP contribution in [0.3, 0.4) is 0 Å². The third-order valence-electron chi connectivity index (χ3n) is 3.77. The van der Waals surface area contributed by atoms with E-state index in [4.69, 9.17) is 0 Å². The van der Waals surface area contributed by atoms with Crippen LogP contribution < -0.4 is 5.32 Å². The van der Waals surface area contributed by atoms with Gasteiger partial charge in [0, 0.05) is 24.3 Å². The first-order valence-corrected chi connectivity index (χ1v) is 8.00. The van der Waals surface area contributed by atoms with Crippen molar-refractivity contribution in [2.45, 2.75) is 20.3 Å². The Bertz CT molecular complexity index is 690. The van der Waals surface area contributed by atoms with Gasteiger partial charge in [-0.1, -0.05) is 12.1 Å². The molecule has 0 fully saturated rings. The molecule has 0 atom stereocenters. The lowest BCUT2D eigenvalue weighted by Gasteiger charge is -2.18. The highest BCUT2D eigenvalue weighted by Gasteiger charge is 2.12. The molecule has 2 rings (SSSR count). The van der Waals surface area contributed by atoms with Crippen molar-refractivity contribution >= 4 is 17.5 Å². The molecule has 126 valence electrons. The zero-order chi connectivity index (χ0) is 17.5. The van der Waals surface area contributed by atoms with Gasteiger partial charge in [0.2, 0.25) is 5.91 Å². The van der Waals surface area contributed by atoms with Crippen molar-refractivity contribution in [2.24, 2.45) is 0 Å². The first kappa shape index (κ1) is 17.5. The second-order valence-corrected chi connectivity index (χ2v) is 5.45. The number of phenols is 1. The monoisotopic (exact) mass is 326 g/mol. The number of nitrogens with zero attached hydrogens (tertiary/aromatic N) is 1. The predicted molar refractivity (Wildman–Crippen MR) is 94.1 cm³/mol. The normalized spacial score (nSPS) is 10.2. The van der Waals surface area contributed by atoms with Gasteiger partial charge in [0.05, 0.1) is 6.42 Å². The van der Waals surface area contributed by atoms with Crippen LogP contribution in [0.1, 0.15) is 29.8 Å². The van der Waals surface area contributed by atoms with Crippen LogP contribution in [-0.4, -0.2) is 34.9 Å². The third kappa shape index (κ3) is 4.59. The summed E-state index contributed by atoms with van der Waals surface area (Å²) in [5.74, 6) is 0.0121. The van der Waals surface area contributed by atoms with Crippen molar-refractivity contribution in [1.29, 1.82) is 0 Å². The molecule has 2 aromatic rings. The summed E-state index contributed by atoms with van der Waals surface area (Å²) in [6.45, 7) is 5.22. The molecular formula is C19H22N2O3. The molecule has 0 heterocycles. The summed E-state index contributed by atoms with van der Waals surface area (Å²) in [6.07, 6.45) is 0.223. The highest BCUT2D eigenvalue weighted by atomic mass is 16.3. The van der Waals surface area contributed by atoms with Crippen LogP contribution in [0.15, 0.2) is 48.5 Å². The Morgan fingerprint density at radius 1 is 0.958 bits per heavy atom. The molecule has 2 aromatic carbocycles. The van der Waals surface area contributed by atoms with E-state index in [1.165, 1.54) is 0 Å². The number of hydrogen-bond acceptors (Lipinski definition) is 3. The van der Waals surface area contributed by atoms with E-state index >= 15 is 0 Å². The Labute approximate surface area is 141 Å². The number of phenolic OH excluding ortho intramolecular Hbond substituents is 1. The maximum Gasteiger partial charge on any atom is 0.253 e. The molecule has 0 aliphatic heterocycles. The Kier molecular flexibility index (Phi) is 5.95. The zero-order valence-electron chi connectivity index (χ0n) is 14.0. The van der Waals surface area contributed by atoms with E-state index in [1.54, 1.807) is 53.4 Å². The number of anilines is 1. The summed E-state index contributed by atoms with van der Waals surface area (Å²) in [4.78, 5) is 26.0. The highest BCUT2D eigenvalue weighted by Crippen LogP contribution is 2.14. The van der Waals surface area contributed by atoms with Crippen molar-refractivity contribution in [1.82, 2.24) is 4.90 Å². The Hall–Kier alpha value is -2.82. The molecule has 0 aromatic heterocycles. The fourth-order valence-electron chi connectivity index (χ4n) is 2.39. The highest BCUT2D eigenvalue weighted by molar-refractivity contribution is 5.96. The SMILES string of the molecule is CCN(CC)C(=O)c1ccc(NC(=O)Cc2ccc(O)cc2)cc1. The lowest BCUT2D eigenvalue weighted by atomic mass is 10.1. The molecule has 2 N–H and O–H groups in total. The van der Waals surface area contributed by atoms with Gasteiger partial charge in [0.1, 0.15) is 5.75 Å². The van der Waals surface area contributed by atoms with Gasteiger partial charge in [0.15, 0.2) is 0 Å². The lowest BCUT2D eigenvalue weighted by molar-refractivity contribution is -0.115. The van der Waals surface area contributed by atoms with Crippen LogP contribution in [0, 0.1) is 0 Å². The van der Waals surface area contributed by atoms with Gasteiger partial charge in [-0.3, -0.25) is 9.59 Å². The number of hydrogen-bond donors (Lipinski definition) is 2. The van der Waals surface area contributed by atoms with Gasteiger partial charge in [-0.2, -0.15) is 0 Å². The van der Waals surface area contributed by atoms with E-state index in [9.17, 15) is 14.7 Å². The summed E-state index contributed by atoms with van der Waals surface area (Å²) >= 11 is 0. The molecule has 5 nitrogen and oxygen atoms in total. The molecule has 2 amide bonds. The molecular weight excluding hydrogens is 304 g/mol. The number of carbonyl (C=O) groups excluding carboxylic acids is 2. The number of nitrogens with one attached hydrogen (secondary N) is 1. The van der Waals surface area contributed by atoms with Crippen LogP contribution in [0.4, 0.5) is 5.69 Å². The van der Waals surface area contributed by atoms with Gasteiger partial charge in [0.25, 0.3) is 5.91 Å². The van der Waals surface area contributed by atoms with Crippen LogP contribution in [0.2, 0.25) is 0 Å². The van der Waals surface area contributed by atoms with Crippen molar-refractivity contribution < 1.29 is 14.7 Å². The van der Waals surface area contributed by atoms with Crippen LogP contribution in [0.5, 0.6) is 5.75 Å². The first-order chi connectivity index (χ1) is 11.5. The minimum absolute atomic E-state index is 0.0121. The number of carbonyl (C=O) groups is 2. The van der Waals surface area contributed by atoms with E-state index in [0.29, 0.717) is 24.3 Å². The number of amides is 2. The lowest BCUT2D eigenvalue weighted by Crippen LogP contribution is -2.30. The second-order valence-electron chi connectivity index (χ2n) is 5.45. The maximum atomic E-state index is 12.2. The van der Waals surface area contributed by atoms with Gasteiger partial charge >= 0.3 is 0 Å². The van der Waals surface area contributed by atoms with Crippen LogP contribution in [-0.2, 0) is 11.2 Å². The third-order valence-corrected chi connectivity index (χ3v) is 3.77. The topological polar surface area (TPSA) is 69.6 Å². The fraction of sp³-hybridized carbons (Fsp3) is 0.263. The van der Waals surface area contributed by atoms with Crippen LogP contribution in [0.25, 0.3) is 0 Å². The van der Waals surface area contributed by atoms with Crippen LogP contribution >= 0.6 is 0 Å². The largest absolute Gasteiger partial charge is 0.508 e. The summed E-state index contributed by atoms with van der Waals surface area (Å²) in [5, 5.41) is 12.0. The second kappa shape index (κ2) is 8.15.